The number of fused-ring (bicyclic) bond motifs is 1. The van der Waals surface area contributed by atoms with Crippen molar-refractivity contribution in [1.82, 2.24) is 14.5 Å². The summed E-state index contributed by atoms with van der Waals surface area (Å²) in [5, 5.41) is 6.04. The minimum atomic E-state index is -3.21. The Kier molecular flexibility index (Phi) is 6.42. The van der Waals surface area contributed by atoms with Gasteiger partial charge in [-0.2, -0.15) is 4.31 Å². The Labute approximate surface area is 167 Å². The standard InChI is InChI=1S/C20H30N4O3S/c1-15(2)13-23-10-7-17(8-11-23)21-20(25)22-19-6-4-5-16-14-24(28(3,26)27)12-9-18(16)19/h4-6,17H,1,7-14H2,2-3H3,(H2,21,22,25). The van der Waals surface area contributed by atoms with E-state index in [1.165, 1.54) is 10.6 Å². The number of urea groups is 1. The highest BCUT2D eigenvalue weighted by Gasteiger charge is 2.25. The van der Waals surface area contributed by atoms with Crippen LogP contribution in [-0.2, 0) is 23.0 Å². The Morgan fingerprint density at radius 3 is 2.61 bits per heavy atom. The smallest absolute Gasteiger partial charge is 0.319 e. The predicted molar refractivity (Wildman–Crippen MR) is 112 cm³/mol. The lowest BCUT2D eigenvalue weighted by Crippen LogP contribution is -2.46. The predicted octanol–water partition coefficient (Wildman–Crippen LogP) is 2.17. The quantitative estimate of drug-likeness (QED) is 0.735. The molecule has 2 aliphatic rings. The first-order chi connectivity index (χ1) is 13.2. The van der Waals surface area contributed by atoms with Gasteiger partial charge in [0, 0.05) is 44.5 Å². The molecule has 0 saturated carbocycles. The van der Waals surface area contributed by atoms with Gasteiger partial charge in [-0.25, -0.2) is 13.2 Å². The van der Waals surface area contributed by atoms with Crippen LogP contribution in [0, 0.1) is 0 Å². The van der Waals surface area contributed by atoms with Crippen LogP contribution in [0.1, 0.15) is 30.9 Å². The maximum atomic E-state index is 12.5. The molecule has 0 bridgehead atoms. The minimum absolute atomic E-state index is 0.168. The number of sulfonamides is 1. The van der Waals surface area contributed by atoms with Gasteiger partial charge < -0.3 is 10.6 Å². The van der Waals surface area contributed by atoms with Crippen molar-refractivity contribution in [2.45, 2.75) is 38.8 Å². The van der Waals surface area contributed by atoms with Crippen molar-refractivity contribution >= 4 is 21.7 Å². The van der Waals surface area contributed by atoms with Gasteiger partial charge in [0.05, 0.1) is 6.26 Å². The highest BCUT2D eigenvalue weighted by atomic mass is 32.2. The second-order valence-corrected chi connectivity index (χ2v) is 9.88. The average Bonchev–Trinajstić information content (AvgIpc) is 2.62. The van der Waals surface area contributed by atoms with Crippen molar-refractivity contribution in [2.24, 2.45) is 0 Å². The van der Waals surface area contributed by atoms with Crippen LogP contribution in [0.15, 0.2) is 30.4 Å². The number of nitrogens with one attached hydrogen (secondary N) is 2. The Morgan fingerprint density at radius 2 is 1.96 bits per heavy atom. The van der Waals surface area contributed by atoms with Gasteiger partial charge in [-0.1, -0.05) is 24.3 Å². The third-order valence-corrected chi connectivity index (χ3v) is 6.61. The molecule has 2 N–H and O–H groups in total. The van der Waals surface area contributed by atoms with Gasteiger partial charge in [0.2, 0.25) is 10.0 Å². The fourth-order valence-electron chi connectivity index (χ4n) is 3.94. The lowest BCUT2D eigenvalue weighted by Gasteiger charge is -2.32. The van der Waals surface area contributed by atoms with Crippen molar-refractivity contribution in [3.8, 4) is 0 Å². The van der Waals surface area contributed by atoms with E-state index < -0.39 is 10.0 Å². The van der Waals surface area contributed by atoms with Crippen LogP contribution in [0.3, 0.4) is 0 Å². The van der Waals surface area contributed by atoms with Crippen LogP contribution in [0.4, 0.5) is 10.5 Å². The van der Waals surface area contributed by atoms with Gasteiger partial charge in [0.15, 0.2) is 0 Å². The molecule has 154 valence electrons. The third-order valence-electron chi connectivity index (χ3n) is 5.36. The summed E-state index contributed by atoms with van der Waals surface area (Å²) in [5.74, 6) is 0. The molecule has 2 amide bonds. The topological polar surface area (TPSA) is 81.8 Å². The molecule has 3 rings (SSSR count). The zero-order chi connectivity index (χ0) is 20.3. The number of amides is 2. The molecule has 7 nitrogen and oxygen atoms in total. The highest BCUT2D eigenvalue weighted by molar-refractivity contribution is 7.88. The van der Waals surface area contributed by atoms with Gasteiger partial charge in [0.25, 0.3) is 0 Å². The van der Waals surface area contributed by atoms with Crippen LogP contribution in [0.25, 0.3) is 0 Å². The maximum Gasteiger partial charge on any atom is 0.319 e. The molecule has 2 aliphatic heterocycles. The molecule has 0 atom stereocenters. The molecule has 1 aromatic rings. The summed E-state index contributed by atoms with van der Waals surface area (Å²) in [6.07, 6.45) is 3.68. The van der Waals surface area contributed by atoms with Crippen LogP contribution in [0.2, 0.25) is 0 Å². The largest absolute Gasteiger partial charge is 0.335 e. The molecule has 1 aromatic carbocycles. The number of carbonyl (C=O) groups excluding carboxylic acids is 1. The molecule has 0 radical (unpaired) electrons. The van der Waals surface area contributed by atoms with Crippen molar-refractivity contribution in [3.63, 3.8) is 0 Å². The summed E-state index contributed by atoms with van der Waals surface area (Å²) in [4.78, 5) is 14.9. The van der Waals surface area contributed by atoms with E-state index >= 15 is 0 Å². The molecule has 28 heavy (non-hydrogen) atoms. The van der Waals surface area contributed by atoms with Crippen molar-refractivity contribution < 1.29 is 13.2 Å². The van der Waals surface area contributed by atoms with Gasteiger partial charge in [-0.15, -0.1) is 0 Å². The second-order valence-electron chi connectivity index (χ2n) is 7.90. The number of hydrogen-bond donors (Lipinski definition) is 2. The first-order valence-electron chi connectivity index (χ1n) is 9.72. The van der Waals surface area contributed by atoms with Gasteiger partial charge >= 0.3 is 6.03 Å². The monoisotopic (exact) mass is 406 g/mol. The summed E-state index contributed by atoms with van der Waals surface area (Å²) in [6, 6.07) is 5.63. The number of hydrogen-bond acceptors (Lipinski definition) is 4. The molecule has 0 aromatic heterocycles. The Balaban J connectivity index is 1.57. The SMILES string of the molecule is C=C(C)CN1CCC(NC(=O)Nc2cccc3c2CCN(S(C)(=O)=O)C3)CC1. The number of anilines is 1. The van der Waals surface area contributed by atoms with E-state index in [1.807, 2.05) is 25.1 Å². The minimum Gasteiger partial charge on any atom is -0.335 e. The zero-order valence-electron chi connectivity index (χ0n) is 16.7. The van der Waals surface area contributed by atoms with Crippen LogP contribution < -0.4 is 10.6 Å². The number of carbonyl (C=O) groups is 1. The number of rotatable bonds is 5. The number of piperidine rings is 1. The molecule has 0 aliphatic carbocycles. The number of nitrogens with zero attached hydrogens (tertiary/aromatic N) is 2. The van der Waals surface area contributed by atoms with E-state index in [4.69, 9.17) is 0 Å². The van der Waals surface area contributed by atoms with Crippen molar-refractivity contribution in [3.05, 3.63) is 41.5 Å². The fraction of sp³-hybridized carbons (Fsp3) is 0.550. The van der Waals surface area contributed by atoms with E-state index in [-0.39, 0.29) is 12.1 Å². The first kappa shape index (κ1) is 20.8. The molecule has 1 saturated heterocycles. The van der Waals surface area contributed by atoms with E-state index in [0.717, 1.165) is 54.9 Å². The Bertz CT molecular complexity index is 845. The molecule has 1 fully saturated rings. The van der Waals surface area contributed by atoms with E-state index in [0.29, 0.717) is 19.5 Å². The van der Waals surface area contributed by atoms with E-state index in [9.17, 15) is 13.2 Å². The fourth-order valence-corrected chi connectivity index (χ4v) is 4.74. The van der Waals surface area contributed by atoms with Gasteiger partial charge in [-0.3, -0.25) is 4.90 Å². The zero-order valence-corrected chi connectivity index (χ0v) is 17.5. The van der Waals surface area contributed by atoms with Crippen LogP contribution in [-0.4, -0.2) is 62.1 Å². The van der Waals surface area contributed by atoms with Crippen molar-refractivity contribution in [1.29, 1.82) is 0 Å². The number of benzene rings is 1. The average molecular weight is 407 g/mol. The van der Waals surface area contributed by atoms with Crippen LogP contribution >= 0.6 is 0 Å². The normalized spacial score (nSPS) is 19.1. The second kappa shape index (κ2) is 8.63. The van der Waals surface area contributed by atoms with Gasteiger partial charge in [-0.05, 0) is 43.4 Å². The number of likely N-dealkylation sites (tertiary alicyclic amines) is 1. The summed E-state index contributed by atoms with van der Waals surface area (Å²) in [6.45, 7) is 9.62. The summed E-state index contributed by atoms with van der Waals surface area (Å²) in [7, 11) is -3.21. The lowest BCUT2D eigenvalue weighted by atomic mass is 9.99. The first-order valence-corrected chi connectivity index (χ1v) is 11.6. The summed E-state index contributed by atoms with van der Waals surface area (Å²) < 4.78 is 25.1. The van der Waals surface area contributed by atoms with Crippen molar-refractivity contribution in [2.75, 3.05) is 37.8 Å². The lowest BCUT2D eigenvalue weighted by molar-refractivity contribution is 0.207. The van der Waals surface area contributed by atoms with E-state index in [1.54, 1.807) is 0 Å². The van der Waals surface area contributed by atoms with E-state index in [2.05, 4.69) is 22.1 Å². The molecular weight excluding hydrogens is 376 g/mol. The van der Waals surface area contributed by atoms with Crippen LogP contribution in [0.5, 0.6) is 0 Å². The third kappa shape index (κ3) is 5.33. The summed E-state index contributed by atoms with van der Waals surface area (Å²) in [5.41, 5.74) is 3.90. The molecule has 0 spiro atoms. The molecular formula is C20H30N4O3S. The maximum absolute atomic E-state index is 12.5. The molecule has 0 unspecified atom stereocenters. The molecule has 2 heterocycles. The highest BCUT2D eigenvalue weighted by Crippen LogP contribution is 2.27. The molecule has 8 heteroatoms. The Morgan fingerprint density at radius 1 is 1.25 bits per heavy atom. The summed E-state index contributed by atoms with van der Waals surface area (Å²) >= 11 is 0. The Hall–Kier alpha value is -1.90. The van der Waals surface area contributed by atoms with Gasteiger partial charge in [0.1, 0.15) is 0 Å².